The van der Waals surface area contributed by atoms with Gasteiger partial charge in [-0.05, 0) is 29.5 Å². The predicted molar refractivity (Wildman–Crippen MR) is 83.8 cm³/mol. The lowest BCUT2D eigenvalue weighted by Crippen LogP contribution is -2.29. The second-order valence-electron chi connectivity index (χ2n) is 4.90. The number of thiophene rings is 1. The van der Waals surface area contributed by atoms with Crippen molar-refractivity contribution in [1.82, 2.24) is 15.5 Å². The first-order valence-electron chi connectivity index (χ1n) is 6.85. The van der Waals surface area contributed by atoms with Gasteiger partial charge in [0.05, 0.1) is 6.04 Å². The fraction of sp³-hybridized carbons (Fsp3) is 0.188. The van der Waals surface area contributed by atoms with Crippen LogP contribution in [0, 0.1) is 13.8 Å². The van der Waals surface area contributed by atoms with Gasteiger partial charge in [-0.2, -0.15) is 0 Å². The topological polar surface area (TPSA) is 68.0 Å². The molecule has 2 aromatic heterocycles. The number of nitrogens with zero attached hydrogens (tertiary/aromatic N) is 2. The molecule has 1 amide bonds. The quantitative estimate of drug-likeness (QED) is 0.802. The van der Waals surface area contributed by atoms with Gasteiger partial charge in [0, 0.05) is 11.8 Å². The Labute approximate surface area is 132 Å². The summed E-state index contributed by atoms with van der Waals surface area (Å²) in [4.78, 5) is 13.4. The van der Waals surface area contributed by atoms with Gasteiger partial charge < -0.3 is 9.73 Å². The molecule has 0 aliphatic carbocycles. The number of carbonyl (C=O) groups is 1. The van der Waals surface area contributed by atoms with Crippen LogP contribution in [0.3, 0.4) is 0 Å². The van der Waals surface area contributed by atoms with Gasteiger partial charge in [-0.15, -0.1) is 21.5 Å². The second kappa shape index (κ2) is 6.11. The Balaban J connectivity index is 1.93. The molecule has 0 spiro atoms. The van der Waals surface area contributed by atoms with Crippen molar-refractivity contribution in [2.45, 2.75) is 19.9 Å². The number of hydrogen-bond donors (Lipinski definition) is 1. The zero-order chi connectivity index (χ0) is 15.5. The van der Waals surface area contributed by atoms with Crippen molar-refractivity contribution >= 4 is 17.2 Å². The highest BCUT2D eigenvalue weighted by Gasteiger charge is 2.22. The van der Waals surface area contributed by atoms with Crippen LogP contribution in [0.1, 0.15) is 38.6 Å². The van der Waals surface area contributed by atoms with E-state index in [1.165, 1.54) is 0 Å². The van der Waals surface area contributed by atoms with Gasteiger partial charge in [0.25, 0.3) is 0 Å². The van der Waals surface area contributed by atoms with Gasteiger partial charge in [-0.1, -0.05) is 30.3 Å². The van der Waals surface area contributed by atoms with Crippen molar-refractivity contribution in [3.8, 4) is 0 Å². The summed E-state index contributed by atoms with van der Waals surface area (Å²) in [5, 5.41) is 12.4. The predicted octanol–water partition coefficient (Wildman–Crippen LogP) is 3.27. The van der Waals surface area contributed by atoms with Crippen LogP contribution in [0.15, 0.2) is 46.2 Å². The Kier molecular flexibility index (Phi) is 4.02. The highest BCUT2D eigenvalue weighted by molar-refractivity contribution is 7.10. The van der Waals surface area contributed by atoms with Crippen molar-refractivity contribution in [3.63, 3.8) is 0 Å². The average Bonchev–Trinajstić information content (AvgIpc) is 3.17. The van der Waals surface area contributed by atoms with Crippen LogP contribution in [-0.4, -0.2) is 16.1 Å². The van der Waals surface area contributed by atoms with Crippen LogP contribution < -0.4 is 5.32 Å². The third kappa shape index (κ3) is 2.92. The zero-order valence-corrected chi connectivity index (χ0v) is 13.1. The van der Waals surface area contributed by atoms with E-state index in [0.717, 1.165) is 16.0 Å². The maximum atomic E-state index is 12.3. The minimum atomic E-state index is -0.373. The van der Waals surface area contributed by atoms with E-state index in [1.54, 1.807) is 18.3 Å². The Morgan fingerprint density at radius 1 is 1.18 bits per heavy atom. The van der Waals surface area contributed by atoms with E-state index < -0.39 is 0 Å². The average molecular weight is 313 g/mol. The van der Waals surface area contributed by atoms with Crippen LogP contribution in [0.5, 0.6) is 0 Å². The first-order valence-corrected chi connectivity index (χ1v) is 7.73. The van der Waals surface area contributed by atoms with Gasteiger partial charge in [-0.25, -0.2) is 0 Å². The van der Waals surface area contributed by atoms with E-state index in [2.05, 4.69) is 15.5 Å². The monoisotopic (exact) mass is 313 g/mol. The molecule has 2 heterocycles. The Morgan fingerprint density at radius 2 is 2.00 bits per heavy atom. The first-order chi connectivity index (χ1) is 10.6. The first kappa shape index (κ1) is 14.5. The molecule has 1 aromatic carbocycles. The lowest BCUT2D eigenvalue weighted by atomic mass is 10.00. The molecule has 0 bridgehead atoms. The summed E-state index contributed by atoms with van der Waals surface area (Å²) in [5.74, 6) is -0.0244. The molecule has 0 aliphatic rings. The molecular weight excluding hydrogens is 298 g/mol. The number of rotatable bonds is 4. The summed E-state index contributed by atoms with van der Waals surface area (Å²) in [6.45, 7) is 3.68. The van der Waals surface area contributed by atoms with Crippen molar-refractivity contribution in [2.24, 2.45) is 0 Å². The van der Waals surface area contributed by atoms with Gasteiger partial charge >= 0.3 is 11.8 Å². The Morgan fingerprint density at radius 3 is 2.64 bits per heavy atom. The number of carbonyl (C=O) groups excluding carboxylic acids is 1. The summed E-state index contributed by atoms with van der Waals surface area (Å²) in [6, 6.07) is 11.7. The van der Waals surface area contributed by atoms with Gasteiger partial charge in [0.15, 0.2) is 0 Å². The van der Waals surface area contributed by atoms with Crippen molar-refractivity contribution < 1.29 is 9.21 Å². The van der Waals surface area contributed by atoms with Crippen LogP contribution in [-0.2, 0) is 0 Å². The number of amides is 1. The molecule has 112 valence electrons. The molecule has 0 saturated heterocycles. The number of aromatic nitrogens is 2. The Hall–Kier alpha value is -2.47. The summed E-state index contributed by atoms with van der Waals surface area (Å²) in [7, 11) is 0. The van der Waals surface area contributed by atoms with Crippen LogP contribution >= 0.6 is 11.3 Å². The van der Waals surface area contributed by atoms with Crippen LogP contribution in [0.25, 0.3) is 0 Å². The fourth-order valence-electron chi connectivity index (χ4n) is 2.25. The smallest absolute Gasteiger partial charge is 0.309 e. The van der Waals surface area contributed by atoms with Crippen LogP contribution in [0.2, 0.25) is 0 Å². The fourth-order valence-corrected chi connectivity index (χ4v) is 3.04. The molecule has 1 N–H and O–H groups in total. The van der Waals surface area contributed by atoms with E-state index in [1.807, 2.05) is 48.7 Å². The van der Waals surface area contributed by atoms with E-state index in [4.69, 9.17) is 4.42 Å². The van der Waals surface area contributed by atoms with E-state index in [0.29, 0.717) is 5.89 Å². The number of nitrogens with one attached hydrogen (secondary N) is 1. The van der Waals surface area contributed by atoms with Crippen molar-refractivity contribution in [2.75, 3.05) is 0 Å². The third-order valence-corrected chi connectivity index (χ3v) is 4.26. The summed E-state index contributed by atoms with van der Waals surface area (Å²) in [6.07, 6.45) is 0. The van der Waals surface area contributed by atoms with Crippen molar-refractivity contribution in [3.05, 3.63) is 69.6 Å². The molecule has 0 fully saturated rings. The largest absolute Gasteiger partial charge is 0.417 e. The van der Waals surface area contributed by atoms with E-state index in [9.17, 15) is 4.79 Å². The molecule has 1 atom stereocenters. The highest BCUT2D eigenvalue weighted by atomic mass is 32.1. The SMILES string of the molecule is Cc1nnc(C(=O)N[C@H](c2cccs2)c2ccccc2C)o1. The maximum absolute atomic E-state index is 12.3. The molecule has 0 saturated carbocycles. The minimum absolute atomic E-state index is 0.0207. The molecule has 3 rings (SSSR count). The van der Waals surface area contributed by atoms with Crippen molar-refractivity contribution in [1.29, 1.82) is 0 Å². The zero-order valence-electron chi connectivity index (χ0n) is 12.2. The lowest BCUT2D eigenvalue weighted by molar-refractivity contribution is 0.0907. The summed E-state index contributed by atoms with van der Waals surface area (Å²) < 4.78 is 5.20. The highest BCUT2D eigenvalue weighted by Crippen LogP contribution is 2.28. The summed E-state index contributed by atoms with van der Waals surface area (Å²) >= 11 is 1.60. The van der Waals surface area contributed by atoms with Gasteiger partial charge in [0.2, 0.25) is 5.89 Å². The number of benzene rings is 1. The molecule has 6 heteroatoms. The van der Waals surface area contributed by atoms with Gasteiger partial charge in [-0.3, -0.25) is 4.79 Å². The Bertz CT molecular complexity index is 780. The molecule has 22 heavy (non-hydrogen) atoms. The number of aryl methyl sites for hydroxylation is 2. The molecule has 0 aliphatic heterocycles. The van der Waals surface area contributed by atoms with Gasteiger partial charge in [0.1, 0.15) is 0 Å². The molecule has 3 aromatic rings. The lowest BCUT2D eigenvalue weighted by Gasteiger charge is -2.19. The standard InChI is InChI=1S/C16H15N3O2S/c1-10-6-3-4-7-12(10)14(13-8-5-9-22-13)17-15(20)16-19-18-11(2)21-16/h3-9,14H,1-2H3,(H,17,20)/t14-/m0/s1. The van der Waals surface area contributed by atoms with E-state index >= 15 is 0 Å². The molecule has 0 radical (unpaired) electrons. The summed E-state index contributed by atoms with van der Waals surface area (Å²) in [5.41, 5.74) is 2.16. The van der Waals surface area contributed by atoms with E-state index in [-0.39, 0.29) is 17.8 Å². The third-order valence-electron chi connectivity index (χ3n) is 3.32. The molecular formula is C16H15N3O2S. The normalized spacial score (nSPS) is 12.1. The maximum Gasteiger partial charge on any atom is 0.309 e. The molecule has 5 nitrogen and oxygen atoms in total. The second-order valence-corrected chi connectivity index (χ2v) is 5.88. The minimum Gasteiger partial charge on any atom is -0.417 e. The van der Waals surface area contributed by atoms with Crippen LogP contribution in [0.4, 0.5) is 0 Å². The molecule has 0 unspecified atom stereocenters. The number of hydrogen-bond acceptors (Lipinski definition) is 5.